The van der Waals surface area contributed by atoms with Crippen molar-refractivity contribution >= 4 is 28.3 Å². The van der Waals surface area contributed by atoms with Gasteiger partial charge in [-0.15, -0.1) is 0 Å². The Bertz CT molecular complexity index is 525. The van der Waals surface area contributed by atoms with Crippen molar-refractivity contribution in [1.29, 1.82) is 0 Å². The van der Waals surface area contributed by atoms with Crippen LogP contribution in [-0.2, 0) is 0 Å². The molecule has 0 spiro atoms. The molecule has 0 unspecified atom stereocenters. The number of para-hydroxylation sites is 1. The molecule has 0 atom stereocenters. The highest BCUT2D eigenvalue weighted by Crippen LogP contribution is 2.24. The van der Waals surface area contributed by atoms with Gasteiger partial charge in [0.2, 0.25) is 5.28 Å². The van der Waals surface area contributed by atoms with Crippen LogP contribution in [0.3, 0.4) is 0 Å². The van der Waals surface area contributed by atoms with E-state index in [-0.39, 0.29) is 0 Å². The number of benzene rings is 1. The fourth-order valence-electron chi connectivity index (χ4n) is 1.96. The van der Waals surface area contributed by atoms with Crippen molar-refractivity contribution in [2.24, 2.45) is 5.92 Å². The summed E-state index contributed by atoms with van der Waals surface area (Å²) in [6.07, 6.45) is 0. The summed E-state index contributed by atoms with van der Waals surface area (Å²) < 4.78 is 0. The standard InChI is InChI=1S/C13H16ClN3/c1-9(2)8-17(3)12-10-6-4-5-7-11(10)15-13(14)16-12/h4-7,9H,8H2,1-3H3. The maximum absolute atomic E-state index is 5.96. The van der Waals surface area contributed by atoms with Gasteiger partial charge in [-0.3, -0.25) is 0 Å². The van der Waals surface area contributed by atoms with Crippen molar-refractivity contribution in [2.45, 2.75) is 13.8 Å². The third kappa shape index (κ3) is 2.67. The van der Waals surface area contributed by atoms with Gasteiger partial charge in [-0.05, 0) is 29.7 Å². The third-order valence-electron chi connectivity index (χ3n) is 2.56. The van der Waals surface area contributed by atoms with Crippen LogP contribution < -0.4 is 4.90 Å². The quantitative estimate of drug-likeness (QED) is 0.781. The summed E-state index contributed by atoms with van der Waals surface area (Å²) in [5.41, 5.74) is 0.887. The molecule has 1 aromatic heterocycles. The van der Waals surface area contributed by atoms with Gasteiger partial charge in [0, 0.05) is 19.0 Å². The van der Waals surface area contributed by atoms with Crippen LogP contribution in [0.15, 0.2) is 24.3 Å². The van der Waals surface area contributed by atoms with E-state index in [0.717, 1.165) is 23.3 Å². The van der Waals surface area contributed by atoms with Gasteiger partial charge in [0.15, 0.2) is 0 Å². The highest BCUT2D eigenvalue weighted by Gasteiger charge is 2.11. The molecular formula is C13H16ClN3. The van der Waals surface area contributed by atoms with Gasteiger partial charge in [-0.25, -0.2) is 4.98 Å². The first-order valence-electron chi connectivity index (χ1n) is 5.71. The second-order valence-corrected chi connectivity index (χ2v) is 4.95. The Labute approximate surface area is 106 Å². The molecule has 0 aliphatic carbocycles. The van der Waals surface area contributed by atoms with E-state index in [1.54, 1.807) is 0 Å². The largest absolute Gasteiger partial charge is 0.359 e. The first-order chi connectivity index (χ1) is 8.08. The zero-order valence-corrected chi connectivity index (χ0v) is 11.1. The fraction of sp³-hybridized carbons (Fsp3) is 0.385. The zero-order chi connectivity index (χ0) is 12.4. The van der Waals surface area contributed by atoms with Crippen molar-refractivity contribution in [3.8, 4) is 0 Å². The lowest BCUT2D eigenvalue weighted by molar-refractivity contribution is 0.635. The minimum Gasteiger partial charge on any atom is -0.359 e. The molecule has 0 N–H and O–H groups in total. The molecule has 4 heteroatoms. The molecule has 0 saturated heterocycles. The van der Waals surface area contributed by atoms with Gasteiger partial charge < -0.3 is 4.90 Å². The molecule has 0 aliphatic heterocycles. The number of fused-ring (bicyclic) bond motifs is 1. The highest BCUT2D eigenvalue weighted by molar-refractivity contribution is 6.28. The summed E-state index contributed by atoms with van der Waals surface area (Å²) in [6, 6.07) is 7.93. The van der Waals surface area contributed by atoms with Crippen molar-refractivity contribution in [1.82, 2.24) is 9.97 Å². The number of rotatable bonds is 3. The molecule has 17 heavy (non-hydrogen) atoms. The third-order valence-corrected chi connectivity index (χ3v) is 2.73. The van der Waals surface area contributed by atoms with E-state index in [4.69, 9.17) is 11.6 Å². The summed E-state index contributed by atoms with van der Waals surface area (Å²) >= 11 is 5.96. The number of anilines is 1. The Morgan fingerprint density at radius 1 is 1.24 bits per heavy atom. The fourth-order valence-corrected chi connectivity index (χ4v) is 2.13. The molecule has 0 amide bonds. The van der Waals surface area contributed by atoms with Gasteiger partial charge in [0.1, 0.15) is 5.82 Å². The number of aromatic nitrogens is 2. The maximum Gasteiger partial charge on any atom is 0.224 e. The highest BCUT2D eigenvalue weighted by atomic mass is 35.5. The second-order valence-electron chi connectivity index (χ2n) is 4.61. The average Bonchev–Trinajstić information content (AvgIpc) is 2.26. The SMILES string of the molecule is CC(C)CN(C)c1nc(Cl)nc2ccccc12. The Balaban J connectivity index is 2.51. The molecule has 90 valence electrons. The zero-order valence-electron chi connectivity index (χ0n) is 10.3. The minimum atomic E-state index is 0.300. The van der Waals surface area contributed by atoms with E-state index in [1.165, 1.54) is 0 Å². The Kier molecular flexibility index (Phi) is 3.48. The van der Waals surface area contributed by atoms with E-state index >= 15 is 0 Å². The molecule has 0 saturated carbocycles. The van der Waals surface area contributed by atoms with E-state index in [2.05, 4.69) is 28.7 Å². The molecule has 1 aromatic carbocycles. The summed E-state index contributed by atoms with van der Waals surface area (Å²) in [5.74, 6) is 1.47. The summed E-state index contributed by atoms with van der Waals surface area (Å²) in [4.78, 5) is 10.7. The van der Waals surface area contributed by atoms with Crippen molar-refractivity contribution < 1.29 is 0 Å². The summed E-state index contributed by atoms with van der Waals surface area (Å²) in [5, 5.41) is 1.34. The lowest BCUT2D eigenvalue weighted by Crippen LogP contribution is -2.23. The van der Waals surface area contributed by atoms with Gasteiger partial charge in [-0.1, -0.05) is 26.0 Å². The van der Waals surface area contributed by atoms with Crippen LogP contribution in [0.2, 0.25) is 5.28 Å². The summed E-state index contributed by atoms with van der Waals surface area (Å²) in [7, 11) is 2.03. The number of hydrogen-bond donors (Lipinski definition) is 0. The van der Waals surface area contributed by atoms with E-state index in [9.17, 15) is 0 Å². The molecule has 0 bridgehead atoms. The van der Waals surface area contributed by atoms with Crippen LogP contribution in [0.4, 0.5) is 5.82 Å². The molecule has 2 aromatic rings. The molecule has 2 rings (SSSR count). The predicted molar refractivity (Wildman–Crippen MR) is 72.7 cm³/mol. The van der Waals surface area contributed by atoms with Crippen LogP contribution >= 0.6 is 11.6 Å². The van der Waals surface area contributed by atoms with Crippen LogP contribution in [0, 0.1) is 5.92 Å². The smallest absolute Gasteiger partial charge is 0.224 e. The van der Waals surface area contributed by atoms with E-state index in [1.807, 2.05) is 31.3 Å². The number of halogens is 1. The van der Waals surface area contributed by atoms with Gasteiger partial charge >= 0.3 is 0 Å². The first kappa shape index (κ1) is 12.1. The summed E-state index contributed by atoms with van der Waals surface area (Å²) in [6.45, 7) is 5.31. The number of hydrogen-bond acceptors (Lipinski definition) is 3. The van der Waals surface area contributed by atoms with Crippen LogP contribution in [0.25, 0.3) is 10.9 Å². The molecule has 3 nitrogen and oxygen atoms in total. The maximum atomic E-state index is 5.96. The monoisotopic (exact) mass is 249 g/mol. The number of nitrogens with zero attached hydrogens (tertiary/aromatic N) is 3. The lowest BCUT2D eigenvalue weighted by Gasteiger charge is -2.21. The van der Waals surface area contributed by atoms with Gasteiger partial charge in [0.25, 0.3) is 0 Å². The lowest BCUT2D eigenvalue weighted by atomic mass is 10.2. The normalized spacial score (nSPS) is 11.1. The van der Waals surface area contributed by atoms with Crippen LogP contribution in [0.5, 0.6) is 0 Å². The van der Waals surface area contributed by atoms with Crippen molar-refractivity contribution in [3.05, 3.63) is 29.5 Å². The molecule has 0 radical (unpaired) electrons. The molecule has 1 heterocycles. The van der Waals surface area contributed by atoms with Crippen LogP contribution in [-0.4, -0.2) is 23.6 Å². The molecule has 0 aliphatic rings. The van der Waals surface area contributed by atoms with Gasteiger partial charge in [-0.2, -0.15) is 4.98 Å². The van der Waals surface area contributed by atoms with E-state index in [0.29, 0.717) is 11.2 Å². The Morgan fingerprint density at radius 3 is 2.65 bits per heavy atom. The van der Waals surface area contributed by atoms with Crippen molar-refractivity contribution in [3.63, 3.8) is 0 Å². The Hall–Kier alpha value is -1.35. The van der Waals surface area contributed by atoms with E-state index < -0.39 is 0 Å². The second kappa shape index (κ2) is 4.88. The predicted octanol–water partition coefficient (Wildman–Crippen LogP) is 3.38. The van der Waals surface area contributed by atoms with Crippen LogP contribution in [0.1, 0.15) is 13.8 Å². The topological polar surface area (TPSA) is 29.0 Å². The van der Waals surface area contributed by atoms with Gasteiger partial charge in [0.05, 0.1) is 5.52 Å². The Morgan fingerprint density at radius 2 is 1.94 bits per heavy atom. The first-order valence-corrected chi connectivity index (χ1v) is 6.09. The average molecular weight is 250 g/mol. The van der Waals surface area contributed by atoms with Crippen molar-refractivity contribution in [2.75, 3.05) is 18.5 Å². The molecule has 0 fully saturated rings. The molecular weight excluding hydrogens is 234 g/mol. The minimum absolute atomic E-state index is 0.300.